The number of alkyl halides is 1. The number of aromatic nitrogens is 2. The molecule has 6 nitrogen and oxygen atoms in total. The van der Waals surface area contributed by atoms with Crippen molar-refractivity contribution in [1.82, 2.24) is 10.2 Å². The van der Waals surface area contributed by atoms with E-state index in [1.165, 1.54) is 17.4 Å². The maximum Gasteiger partial charge on any atom is 0.250 e. The molecule has 0 radical (unpaired) electrons. The van der Waals surface area contributed by atoms with E-state index in [9.17, 15) is 4.79 Å². The van der Waals surface area contributed by atoms with Gasteiger partial charge in [-0.2, -0.15) is 0 Å². The van der Waals surface area contributed by atoms with E-state index >= 15 is 0 Å². The van der Waals surface area contributed by atoms with Gasteiger partial charge in [-0.25, -0.2) is 0 Å². The summed E-state index contributed by atoms with van der Waals surface area (Å²) in [4.78, 5) is 12.0. The largest absolute Gasteiger partial charge is 0.493 e. The summed E-state index contributed by atoms with van der Waals surface area (Å²) >= 11 is 6.99. The zero-order valence-electron chi connectivity index (χ0n) is 13.4. The van der Waals surface area contributed by atoms with Crippen molar-refractivity contribution < 1.29 is 14.3 Å². The van der Waals surface area contributed by atoms with Gasteiger partial charge in [0, 0.05) is 18.4 Å². The van der Waals surface area contributed by atoms with Gasteiger partial charge in [0.05, 0.1) is 14.2 Å². The smallest absolute Gasteiger partial charge is 0.250 e. The van der Waals surface area contributed by atoms with Crippen LogP contribution in [0.2, 0.25) is 0 Å². The molecule has 2 aromatic rings. The van der Waals surface area contributed by atoms with E-state index in [0.29, 0.717) is 22.5 Å². The molecule has 0 atom stereocenters. The number of halogens is 1. The summed E-state index contributed by atoms with van der Waals surface area (Å²) in [6.45, 7) is 0. The van der Waals surface area contributed by atoms with Crippen LogP contribution in [0.4, 0.5) is 5.13 Å². The summed E-state index contributed by atoms with van der Waals surface area (Å²) in [6.07, 6.45) is 4.72. The van der Waals surface area contributed by atoms with Gasteiger partial charge in [0.1, 0.15) is 5.01 Å². The number of aryl methyl sites for hydroxylation is 1. The minimum atomic E-state index is -0.273. The number of anilines is 1. The molecule has 0 aliphatic carbocycles. The number of rotatable bonds is 8. The van der Waals surface area contributed by atoms with Gasteiger partial charge in [-0.05, 0) is 30.2 Å². The highest BCUT2D eigenvalue weighted by Crippen LogP contribution is 2.28. The molecule has 1 amide bonds. The van der Waals surface area contributed by atoms with Gasteiger partial charge in [0.2, 0.25) is 11.0 Å². The molecule has 0 spiro atoms. The Kier molecular flexibility index (Phi) is 7.02. The van der Waals surface area contributed by atoms with E-state index < -0.39 is 0 Å². The average molecular weight is 368 g/mol. The first-order valence-corrected chi connectivity index (χ1v) is 8.60. The van der Waals surface area contributed by atoms with Crippen molar-refractivity contribution in [3.05, 3.63) is 34.8 Å². The summed E-state index contributed by atoms with van der Waals surface area (Å²) in [6, 6.07) is 5.41. The third-order valence-corrected chi connectivity index (χ3v) is 4.22. The molecule has 0 bridgehead atoms. The van der Waals surface area contributed by atoms with Crippen molar-refractivity contribution in [2.75, 3.05) is 25.4 Å². The van der Waals surface area contributed by atoms with Crippen molar-refractivity contribution in [2.45, 2.75) is 12.8 Å². The Bertz CT molecular complexity index is 718. The summed E-state index contributed by atoms with van der Waals surface area (Å²) in [5.74, 6) is 1.55. The van der Waals surface area contributed by atoms with E-state index in [1.54, 1.807) is 32.4 Å². The monoisotopic (exact) mass is 367 g/mol. The van der Waals surface area contributed by atoms with Gasteiger partial charge in [-0.3, -0.25) is 10.1 Å². The van der Waals surface area contributed by atoms with Crippen molar-refractivity contribution >= 4 is 40.1 Å². The molecule has 1 N–H and O–H groups in total. The van der Waals surface area contributed by atoms with Crippen LogP contribution in [0.1, 0.15) is 17.0 Å². The summed E-state index contributed by atoms with van der Waals surface area (Å²) < 4.78 is 10.4. The summed E-state index contributed by atoms with van der Waals surface area (Å²) in [5.41, 5.74) is 0.822. The minimum Gasteiger partial charge on any atom is -0.493 e. The topological polar surface area (TPSA) is 73.3 Å². The maximum absolute atomic E-state index is 12.0. The Balaban J connectivity index is 1.96. The summed E-state index contributed by atoms with van der Waals surface area (Å²) in [7, 11) is 3.14. The Hall–Kier alpha value is -2.12. The fourth-order valence-corrected chi connectivity index (χ4v) is 2.82. The lowest BCUT2D eigenvalue weighted by Gasteiger charge is -2.07. The summed E-state index contributed by atoms with van der Waals surface area (Å²) in [5, 5.41) is 12.0. The van der Waals surface area contributed by atoms with Crippen LogP contribution in [0, 0.1) is 0 Å². The first-order valence-electron chi connectivity index (χ1n) is 7.25. The van der Waals surface area contributed by atoms with Gasteiger partial charge in [-0.15, -0.1) is 21.8 Å². The Labute approximate surface area is 149 Å². The van der Waals surface area contributed by atoms with Gasteiger partial charge >= 0.3 is 0 Å². The molecule has 8 heteroatoms. The first kappa shape index (κ1) is 18.2. The predicted molar refractivity (Wildman–Crippen MR) is 96.2 cm³/mol. The second-order valence-corrected chi connectivity index (χ2v) is 6.17. The SMILES string of the molecule is COc1ccc(/C=C/C(=O)Nc2nnc(CCCCl)s2)cc1OC. The number of benzene rings is 1. The fourth-order valence-electron chi connectivity index (χ4n) is 1.90. The van der Waals surface area contributed by atoms with E-state index in [2.05, 4.69) is 15.5 Å². The molecule has 24 heavy (non-hydrogen) atoms. The number of carbonyl (C=O) groups excluding carboxylic acids is 1. The average Bonchev–Trinajstić information content (AvgIpc) is 3.05. The van der Waals surface area contributed by atoms with Crippen LogP contribution in [-0.2, 0) is 11.2 Å². The number of nitrogens with zero attached hydrogens (tertiary/aromatic N) is 2. The molecule has 1 aromatic heterocycles. The lowest BCUT2D eigenvalue weighted by molar-refractivity contribution is -0.111. The highest BCUT2D eigenvalue weighted by molar-refractivity contribution is 7.15. The van der Waals surface area contributed by atoms with Crippen LogP contribution in [0.5, 0.6) is 11.5 Å². The van der Waals surface area contributed by atoms with E-state index in [0.717, 1.165) is 23.4 Å². The van der Waals surface area contributed by atoms with Crippen molar-refractivity contribution in [3.8, 4) is 11.5 Å². The molecule has 2 rings (SSSR count). The molecule has 0 unspecified atom stereocenters. The zero-order chi connectivity index (χ0) is 17.4. The third kappa shape index (κ3) is 5.21. The van der Waals surface area contributed by atoms with Crippen molar-refractivity contribution in [1.29, 1.82) is 0 Å². The normalized spacial score (nSPS) is 10.8. The van der Waals surface area contributed by atoms with Gasteiger partial charge < -0.3 is 9.47 Å². The van der Waals surface area contributed by atoms with Crippen LogP contribution >= 0.6 is 22.9 Å². The van der Waals surface area contributed by atoms with Crippen LogP contribution in [-0.4, -0.2) is 36.2 Å². The molecule has 1 aromatic carbocycles. The fraction of sp³-hybridized carbons (Fsp3) is 0.312. The molecular formula is C16H18ClN3O3S. The molecule has 0 aliphatic rings. The van der Waals surface area contributed by atoms with Crippen LogP contribution in [0.3, 0.4) is 0 Å². The third-order valence-electron chi connectivity index (χ3n) is 3.06. The molecule has 0 saturated carbocycles. The quantitative estimate of drug-likeness (QED) is 0.572. The molecule has 128 valence electrons. The Morgan fingerprint density at radius 1 is 1.29 bits per heavy atom. The van der Waals surface area contributed by atoms with Crippen LogP contribution in [0.15, 0.2) is 24.3 Å². The van der Waals surface area contributed by atoms with Crippen molar-refractivity contribution in [3.63, 3.8) is 0 Å². The lowest BCUT2D eigenvalue weighted by Crippen LogP contribution is -2.07. The maximum atomic E-state index is 12.0. The second kappa shape index (κ2) is 9.24. The van der Waals surface area contributed by atoms with E-state index in [-0.39, 0.29) is 5.91 Å². The number of carbonyl (C=O) groups is 1. The standard InChI is InChI=1S/C16H18ClN3O3S/c1-22-12-7-5-11(10-13(12)23-2)6-8-14(21)18-16-20-19-15(24-16)4-3-9-17/h5-8,10H,3-4,9H2,1-2H3,(H,18,20,21)/b8-6+. The Morgan fingerprint density at radius 3 is 2.79 bits per heavy atom. The first-order chi connectivity index (χ1) is 11.7. The number of amides is 1. The molecule has 0 saturated heterocycles. The predicted octanol–water partition coefficient (Wildman–Crippen LogP) is 3.38. The highest BCUT2D eigenvalue weighted by Gasteiger charge is 2.07. The number of hydrogen-bond acceptors (Lipinski definition) is 6. The minimum absolute atomic E-state index is 0.273. The van der Waals surface area contributed by atoms with E-state index in [1.807, 2.05) is 6.07 Å². The second-order valence-electron chi connectivity index (χ2n) is 4.73. The molecule has 0 fully saturated rings. The number of ether oxygens (including phenoxy) is 2. The zero-order valence-corrected chi connectivity index (χ0v) is 15.0. The van der Waals surface area contributed by atoms with E-state index in [4.69, 9.17) is 21.1 Å². The van der Waals surface area contributed by atoms with Gasteiger partial charge in [0.15, 0.2) is 11.5 Å². The molecule has 0 aliphatic heterocycles. The molecular weight excluding hydrogens is 350 g/mol. The van der Waals surface area contributed by atoms with Crippen LogP contribution in [0.25, 0.3) is 6.08 Å². The number of methoxy groups -OCH3 is 2. The van der Waals surface area contributed by atoms with Gasteiger partial charge in [-0.1, -0.05) is 17.4 Å². The molecule has 1 heterocycles. The lowest BCUT2D eigenvalue weighted by atomic mass is 10.2. The number of nitrogens with one attached hydrogen (secondary N) is 1. The number of hydrogen-bond donors (Lipinski definition) is 1. The van der Waals surface area contributed by atoms with Crippen LogP contribution < -0.4 is 14.8 Å². The van der Waals surface area contributed by atoms with Gasteiger partial charge in [0.25, 0.3) is 0 Å². The highest BCUT2D eigenvalue weighted by atomic mass is 35.5. The van der Waals surface area contributed by atoms with Crippen molar-refractivity contribution in [2.24, 2.45) is 0 Å². The Morgan fingerprint density at radius 2 is 2.08 bits per heavy atom.